The van der Waals surface area contributed by atoms with Gasteiger partial charge in [-0.15, -0.1) is 0 Å². The van der Waals surface area contributed by atoms with Crippen molar-refractivity contribution in [3.63, 3.8) is 0 Å². The van der Waals surface area contributed by atoms with Crippen molar-refractivity contribution >= 4 is 11.3 Å². The third-order valence-corrected chi connectivity index (χ3v) is 2.25. The fraction of sp³-hybridized carbons (Fsp3) is 0.333. The van der Waals surface area contributed by atoms with Crippen molar-refractivity contribution in [2.24, 2.45) is 0 Å². The third kappa shape index (κ3) is 1.22. The van der Waals surface area contributed by atoms with Crippen LogP contribution in [0.5, 0.6) is 0 Å². The Hall–Kier alpha value is -1.62. The van der Waals surface area contributed by atoms with E-state index in [2.05, 4.69) is 10.1 Å². The SMILES string of the molecule is CO[C@H](C)c1c(N)cnn2ccnc12. The molecular weight excluding hydrogens is 180 g/mol. The maximum Gasteiger partial charge on any atom is 0.161 e. The monoisotopic (exact) mass is 192 g/mol. The lowest BCUT2D eigenvalue weighted by Crippen LogP contribution is -2.06. The highest BCUT2D eigenvalue weighted by Crippen LogP contribution is 2.25. The number of methoxy groups -OCH3 is 1. The molecule has 74 valence electrons. The van der Waals surface area contributed by atoms with E-state index in [1.165, 1.54) is 0 Å². The van der Waals surface area contributed by atoms with Crippen LogP contribution in [0.2, 0.25) is 0 Å². The fourth-order valence-corrected chi connectivity index (χ4v) is 1.44. The van der Waals surface area contributed by atoms with Crippen LogP contribution in [0.15, 0.2) is 18.6 Å². The first kappa shape index (κ1) is 8.96. The first-order chi connectivity index (χ1) is 6.74. The Labute approximate surface area is 81.5 Å². The Morgan fingerprint density at radius 1 is 1.57 bits per heavy atom. The van der Waals surface area contributed by atoms with Gasteiger partial charge in [-0.2, -0.15) is 5.10 Å². The molecule has 0 saturated carbocycles. The highest BCUT2D eigenvalue weighted by Gasteiger charge is 2.14. The normalized spacial score (nSPS) is 13.3. The van der Waals surface area contributed by atoms with E-state index in [1.54, 1.807) is 30.2 Å². The van der Waals surface area contributed by atoms with Gasteiger partial charge >= 0.3 is 0 Å². The molecule has 2 aromatic rings. The molecule has 14 heavy (non-hydrogen) atoms. The largest absolute Gasteiger partial charge is 0.397 e. The molecule has 0 aliphatic rings. The predicted molar refractivity (Wildman–Crippen MR) is 52.8 cm³/mol. The zero-order valence-electron chi connectivity index (χ0n) is 8.14. The molecule has 0 aliphatic heterocycles. The second kappa shape index (κ2) is 3.26. The summed E-state index contributed by atoms with van der Waals surface area (Å²) < 4.78 is 6.92. The Balaban J connectivity index is 2.70. The van der Waals surface area contributed by atoms with Gasteiger partial charge in [-0.1, -0.05) is 0 Å². The highest BCUT2D eigenvalue weighted by molar-refractivity contribution is 5.61. The smallest absolute Gasteiger partial charge is 0.161 e. The van der Waals surface area contributed by atoms with E-state index in [4.69, 9.17) is 10.5 Å². The van der Waals surface area contributed by atoms with E-state index in [0.717, 1.165) is 11.2 Å². The molecule has 2 heterocycles. The average molecular weight is 192 g/mol. The molecule has 0 aliphatic carbocycles. The molecule has 0 bridgehead atoms. The number of nitrogen functional groups attached to an aromatic ring is 1. The summed E-state index contributed by atoms with van der Waals surface area (Å²) in [7, 11) is 1.64. The van der Waals surface area contributed by atoms with Gasteiger partial charge in [0.2, 0.25) is 0 Å². The van der Waals surface area contributed by atoms with Crippen LogP contribution >= 0.6 is 0 Å². The maximum atomic E-state index is 5.83. The van der Waals surface area contributed by atoms with Gasteiger partial charge in [0.15, 0.2) is 5.65 Å². The molecule has 0 saturated heterocycles. The summed E-state index contributed by atoms with van der Waals surface area (Å²) in [6.07, 6.45) is 5.00. The number of anilines is 1. The zero-order chi connectivity index (χ0) is 10.1. The van der Waals surface area contributed by atoms with Crippen LogP contribution in [0.3, 0.4) is 0 Å². The molecule has 2 N–H and O–H groups in total. The molecule has 5 heteroatoms. The molecule has 0 unspecified atom stereocenters. The number of fused-ring (bicyclic) bond motifs is 1. The number of ether oxygens (including phenoxy) is 1. The lowest BCUT2D eigenvalue weighted by Gasteiger charge is -2.12. The Morgan fingerprint density at radius 2 is 2.36 bits per heavy atom. The molecule has 0 fully saturated rings. The topological polar surface area (TPSA) is 65.4 Å². The van der Waals surface area contributed by atoms with Crippen LogP contribution in [-0.4, -0.2) is 21.7 Å². The third-order valence-electron chi connectivity index (χ3n) is 2.25. The predicted octanol–water partition coefficient (Wildman–Crippen LogP) is 1.02. The second-order valence-electron chi connectivity index (χ2n) is 3.09. The van der Waals surface area contributed by atoms with Crippen LogP contribution in [0.4, 0.5) is 5.69 Å². The van der Waals surface area contributed by atoms with E-state index in [9.17, 15) is 0 Å². The van der Waals surface area contributed by atoms with E-state index < -0.39 is 0 Å². The summed E-state index contributed by atoms with van der Waals surface area (Å²) in [5.41, 5.74) is 8.07. The number of nitrogens with zero attached hydrogens (tertiary/aromatic N) is 3. The van der Waals surface area contributed by atoms with Crippen molar-refractivity contribution in [1.29, 1.82) is 0 Å². The van der Waals surface area contributed by atoms with Crippen molar-refractivity contribution in [2.45, 2.75) is 13.0 Å². The number of aromatic nitrogens is 3. The van der Waals surface area contributed by atoms with Gasteiger partial charge in [0.25, 0.3) is 0 Å². The van der Waals surface area contributed by atoms with Gasteiger partial charge in [0.1, 0.15) is 0 Å². The fourth-order valence-electron chi connectivity index (χ4n) is 1.44. The summed E-state index contributed by atoms with van der Waals surface area (Å²) in [6, 6.07) is 0. The van der Waals surface area contributed by atoms with E-state index in [0.29, 0.717) is 5.69 Å². The van der Waals surface area contributed by atoms with Crippen LogP contribution < -0.4 is 5.73 Å². The highest BCUT2D eigenvalue weighted by atomic mass is 16.5. The number of rotatable bonds is 2. The van der Waals surface area contributed by atoms with E-state index in [-0.39, 0.29) is 6.10 Å². The molecule has 2 aromatic heterocycles. The number of hydrogen-bond acceptors (Lipinski definition) is 4. The van der Waals surface area contributed by atoms with Gasteiger partial charge in [-0.25, -0.2) is 9.50 Å². The Morgan fingerprint density at radius 3 is 3.07 bits per heavy atom. The molecule has 0 spiro atoms. The number of imidazole rings is 1. The van der Waals surface area contributed by atoms with Crippen molar-refractivity contribution in [3.05, 3.63) is 24.2 Å². The first-order valence-electron chi connectivity index (χ1n) is 4.34. The van der Waals surface area contributed by atoms with Crippen molar-refractivity contribution in [1.82, 2.24) is 14.6 Å². The standard InChI is InChI=1S/C9H12N4O/c1-6(14-2)8-7(10)5-12-13-4-3-11-9(8)13/h3-6H,10H2,1-2H3/t6-/m1/s1. The Kier molecular flexibility index (Phi) is 2.09. The molecule has 5 nitrogen and oxygen atoms in total. The minimum atomic E-state index is -0.0806. The van der Waals surface area contributed by atoms with Gasteiger partial charge in [0, 0.05) is 25.1 Å². The number of hydrogen-bond donors (Lipinski definition) is 1. The Bertz CT molecular complexity index is 451. The summed E-state index contributed by atoms with van der Waals surface area (Å²) >= 11 is 0. The van der Waals surface area contributed by atoms with E-state index >= 15 is 0 Å². The molecule has 1 atom stereocenters. The summed E-state index contributed by atoms with van der Waals surface area (Å²) in [5, 5.41) is 4.09. The molecular formula is C9H12N4O. The summed E-state index contributed by atoms with van der Waals surface area (Å²) in [4.78, 5) is 4.19. The molecule has 2 rings (SSSR count). The lowest BCUT2D eigenvalue weighted by atomic mass is 10.1. The van der Waals surface area contributed by atoms with Crippen molar-refractivity contribution in [3.8, 4) is 0 Å². The van der Waals surface area contributed by atoms with Gasteiger partial charge in [-0.3, -0.25) is 0 Å². The van der Waals surface area contributed by atoms with E-state index in [1.807, 2.05) is 6.92 Å². The quantitative estimate of drug-likeness (QED) is 0.771. The van der Waals surface area contributed by atoms with Crippen molar-refractivity contribution < 1.29 is 4.74 Å². The average Bonchev–Trinajstić information content (AvgIpc) is 2.64. The first-order valence-corrected chi connectivity index (χ1v) is 4.34. The minimum Gasteiger partial charge on any atom is -0.397 e. The second-order valence-corrected chi connectivity index (χ2v) is 3.09. The van der Waals surface area contributed by atoms with Gasteiger partial charge in [-0.05, 0) is 6.92 Å². The molecule has 0 amide bonds. The maximum absolute atomic E-state index is 5.83. The van der Waals surface area contributed by atoms with Crippen LogP contribution in [0.1, 0.15) is 18.6 Å². The number of nitrogens with two attached hydrogens (primary N) is 1. The van der Waals surface area contributed by atoms with Crippen LogP contribution in [0.25, 0.3) is 5.65 Å². The molecule has 0 radical (unpaired) electrons. The summed E-state index contributed by atoms with van der Waals surface area (Å²) in [6.45, 7) is 1.93. The van der Waals surface area contributed by atoms with Crippen molar-refractivity contribution in [2.75, 3.05) is 12.8 Å². The lowest BCUT2D eigenvalue weighted by molar-refractivity contribution is 0.121. The molecule has 0 aromatic carbocycles. The zero-order valence-corrected chi connectivity index (χ0v) is 8.14. The van der Waals surface area contributed by atoms with Gasteiger partial charge < -0.3 is 10.5 Å². The van der Waals surface area contributed by atoms with Crippen LogP contribution in [0, 0.1) is 0 Å². The van der Waals surface area contributed by atoms with Crippen LogP contribution in [-0.2, 0) is 4.74 Å². The van der Waals surface area contributed by atoms with Gasteiger partial charge in [0.05, 0.1) is 18.0 Å². The summed E-state index contributed by atoms with van der Waals surface area (Å²) in [5.74, 6) is 0. The minimum absolute atomic E-state index is 0.0806.